The standard InChI is InChI=1S/C24H29N5OS/c1-18(28-15-9-4-10-16-28)23-26-27-24(29(23)20-13-7-3-8-14-20)31-21(22(25)30)17-19-11-5-2-6-12-19/h2-3,5-8,11-14,18,21H,4,9-10,15-17H2,1H3,(H2,25,30)/t18-,21+/m1/s1. The van der Waals surface area contributed by atoms with Crippen LogP contribution in [0.25, 0.3) is 5.69 Å². The van der Waals surface area contributed by atoms with Crippen LogP contribution < -0.4 is 5.73 Å². The third kappa shape index (κ3) is 5.17. The molecule has 1 aromatic heterocycles. The molecule has 6 nitrogen and oxygen atoms in total. The van der Waals surface area contributed by atoms with Crippen LogP contribution >= 0.6 is 11.8 Å². The summed E-state index contributed by atoms with van der Waals surface area (Å²) in [6.45, 7) is 4.34. The molecule has 0 saturated carbocycles. The van der Waals surface area contributed by atoms with Gasteiger partial charge in [0.15, 0.2) is 11.0 Å². The van der Waals surface area contributed by atoms with Gasteiger partial charge in [-0.25, -0.2) is 0 Å². The van der Waals surface area contributed by atoms with Crippen LogP contribution in [-0.4, -0.2) is 43.9 Å². The first-order chi connectivity index (χ1) is 15.1. The molecular formula is C24H29N5OS. The lowest BCUT2D eigenvalue weighted by atomic mass is 10.1. The predicted molar refractivity (Wildman–Crippen MR) is 124 cm³/mol. The van der Waals surface area contributed by atoms with Crippen LogP contribution in [0.15, 0.2) is 65.8 Å². The lowest BCUT2D eigenvalue weighted by Crippen LogP contribution is -2.33. The fraction of sp³-hybridized carbons (Fsp3) is 0.375. The van der Waals surface area contributed by atoms with E-state index < -0.39 is 5.25 Å². The van der Waals surface area contributed by atoms with Gasteiger partial charge in [-0.15, -0.1) is 10.2 Å². The van der Waals surface area contributed by atoms with Gasteiger partial charge >= 0.3 is 0 Å². The Morgan fingerprint density at radius 3 is 2.29 bits per heavy atom. The van der Waals surface area contributed by atoms with Crippen LogP contribution in [0.4, 0.5) is 0 Å². The van der Waals surface area contributed by atoms with E-state index in [4.69, 9.17) is 5.73 Å². The summed E-state index contributed by atoms with van der Waals surface area (Å²) in [5.41, 5.74) is 7.85. The van der Waals surface area contributed by atoms with Crippen molar-refractivity contribution >= 4 is 17.7 Å². The molecule has 1 aliphatic rings. The number of likely N-dealkylation sites (tertiary alicyclic amines) is 1. The van der Waals surface area contributed by atoms with Gasteiger partial charge in [-0.2, -0.15) is 0 Å². The van der Waals surface area contributed by atoms with E-state index in [1.165, 1.54) is 31.0 Å². The van der Waals surface area contributed by atoms with E-state index in [9.17, 15) is 4.79 Å². The third-order valence-electron chi connectivity index (χ3n) is 5.81. The molecule has 1 aliphatic heterocycles. The van der Waals surface area contributed by atoms with Crippen molar-refractivity contribution in [1.29, 1.82) is 0 Å². The number of hydrogen-bond acceptors (Lipinski definition) is 5. The Morgan fingerprint density at radius 1 is 1.00 bits per heavy atom. The molecule has 0 unspecified atom stereocenters. The van der Waals surface area contributed by atoms with Crippen molar-refractivity contribution in [3.05, 3.63) is 72.1 Å². The number of para-hydroxylation sites is 1. The second-order valence-corrected chi connectivity index (χ2v) is 9.15. The topological polar surface area (TPSA) is 77.0 Å². The molecule has 162 valence electrons. The number of rotatable bonds is 8. The summed E-state index contributed by atoms with van der Waals surface area (Å²) < 4.78 is 2.09. The number of primary amides is 1. The van der Waals surface area contributed by atoms with E-state index in [0.717, 1.165) is 30.2 Å². The summed E-state index contributed by atoms with van der Waals surface area (Å²) in [6, 6.07) is 20.2. The maximum absolute atomic E-state index is 12.3. The van der Waals surface area contributed by atoms with Gasteiger partial charge < -0.3 is 5.73 Å². The number of carbonyl (C=O) groups excluding carboxylic acids is 1. The average Bonchev–Trinajstić information content (AvgIpc) is 3.23. The Morgan fingerprint density at radius 2 is 1.65 bits per heavy atom. The van der Waals surface area contributed by atoms with Crippen LogP contribution in [0.3, 0.4) is 0 Å². The lowest BCUT2D eigenvalue weighted by molar-refractivity contribution is -0.117. The number of aromatic nitrogens is 3. The van der Waals surface area contributed by atoms with Crippen LogP contribution in [0, 0.1) is 0 Å². The second-order valence-electron chi connectivity index (χ2n) is 7.98. The minimum Gasteiger partial charge on any atom is -0.369 e. The molecule has 0 radical (unpaired) electrons. The molecule has 7 heteroatoms. The minimum absolute atomic E-state index is 0.142. The highest BCUT2D eigenvalue weighted by molar-refractivity contribution is 8.00. The van der Waals surface area contributed by atoms with Crippen molar-refractivity contribution in [2.24, 2.45) is 5.73 Å². The summed E-state index contributed by atoms with van der Waals surface area (Å²) in [6.07, 6.45) is 4.27. The Balaban J connectivity index is 1.66. The number of benzene rings is 2. The first-order valence-corrected chi connectivity index (χ1v) is 11.8. The highest BCUT2D eigenvalue weighted by Crippen LogP contribution is 2.32. The van der Waals surface area contributed by atoms with Crippen molar-refractivity contribution in [2.75, 3.05) is 13.1 Å². The average molecular weight is 436 g/mol. The quantitative estimate of drug-likeness (QED) is 0.541. The zero-order chi connectivity index (χ0) is 21.6. The van der Waals surface area contributed by atoms with Crippen molar-refractivity contribution < 1.29 is 4.79 Å². The summed E-state index contributed by atoms with van der Waals surface area (Å²) >= 11 is 1.39. The number of carbonyl (C=O) groups is 1. The number of thioether (sulfide) groups is 1. The van der Waals surface area contributed by atoms with Crippen molar-refractivity contribution in [3.63, 3.8) is 0 Å². The normalized spacial score (nSPS) is 16.7. The largest absolute Gasteiger partial charge is 0.369 e. The summed E-state index contributed by atoms with van der Waals surface area (Å²) in [4.78, 5) is 14.7. The molecule has 0 bridgehead atoms. The molecule has 4 rings (SSSR count). The summed E-state index contributed by atoms with van der Waals surface area (Å²) in [7, 11) is 0. The SMILES string of the molecule is C[C@H](c1nnc(S[C@@H](Cc2ccccc2)C(N)=O)n1-c1ccccc1)N1CCCCC1. The Labute approximate surface area is 187 Å². The van der Waals surface area contributed by atoms with Gasteiger partial charge in [0.2, 0.25) is 5.91 Å². The highest BCUT2D eigenvalue weighted by atomic mass is 32.2. The van der Waals surface area contributed by atoms with Gasteiger partial charge in [-0.05, 0) is 57.0 Å². The molecule has 1 amide bonds. The Bertz CT molecular complexity index is 986. The van der Waals surface area contributed by atoms with Gasteiger partial charge in [0, 0.05) is 5.69 Å². The van der Waals surface area contributed by atoms with Crippen LogP contribution in [0.5, 0.6) is 0 Å². The number of hydrogen-bond donors (Lipinski definition) is 1. The Kier molecular flexibility index (Phi) is 7.04. The van der Waals surface area contributed by atoms with Gasteiger partial charge in [0.05, 0.1) is 11.3 Å². The zero-order valence-electron chi connectivity index (χ0n) is 17.9. The van der Waals surface area contributed by atoms with Crippen molar-refractivity contribution in [3.8, 4) is 5.69 Å². The first-order valence-electron chi connectivity index (χ1n) is 10.9. The first kappa shape index (κ1) is 21.6. The summed E-state index contributed by atoms with van der Waals surface area (Å²) in [5, 5.41) is 9.37. The second kappa shape index (κ2) is 10.1. The molecule has 0 spiro atoms. The highest BCUT2D eigenvalue weighted by Gasteiger charge is 2.28. The van der Waals surface area contributed by atoms with E-state index >= 15 is 0 Å². The van der Waals surface area contributed by atoms with Crippen LogP contribution in [0.2, 0.25) is 0 Å². The third-order valence-corrected chi connectivity index (χ3v) is 6.97. The van der Waals surface area contributed by atoms with E-state index in [2.05, 4.69) is 38.7 Å². The molecular weight excluding hydrogens is 406 g/mol. The van der Waals surface area contributed by atoms with E-state index in [1.54, 1.807) is 0 Å². The van der Waals surface area contributed by atoms with Crippen LogP contribution in [0.1, 0.15) is 43.6 Å². The molecule has 2 aromatic carbocycles. The van der Waals surface area contributed by atoms with Crippen LogP contribution in [-0.2, 0) is 11.2 Å². The van der Waals surface area contributed by atoms with E-state index in [1.807, 2.05) is 48.5 Å². The van der Waals surface area contributed by atoms with Gasteiger partial charge in [0.1, 0.15) is 0 Å². The molecule has 2 N–H and O–H groups in total. The molecule has 31 heavy (non-hydrogen) atoms. The number of nitrogens with two attached hydrogens (primary N) is 1. The molecule has 2 heterocycles. The number of nitrogens with zero attached hydrogens (tertiary/aromatic N) is 4. The maximum Gasteiger partial charge on any atom is 0.231 e. The van der Waals surface area contributed by atoms with Gasteiger partial charge in [-0.1, -0.05) is 66.7 Å². The zero-order valence-corrected chi connectivity index (χ0v) is 18.7. The number of amides is 1. The molecule has 0 aliphatic carbocycles. The predicted octanol–water partition coefficient (Wildman–Crippen LogP) is 4.00. The lowest BCUT2D eigenvalue weighted by Gasteiger charge is -2.32. The van der Waals surface area contributed by atoms with E-state index in [-0.39, 0.29) is 11.9 Å². The van der Waals surface area contributed by atoms with Gasteiger partial charge in [0.25, 0.3) is 0 Å². The molecule has 1 saturated heterocycles. The fourth-order valence-electron chi connectivity index (χ4n) is 4.07. The molecule has 1 fully saturated rings. The van der Waals surface area contributed by atoms with E-state index in [0.29, 0.717) is 11.6 Å². The van der Waals surface area contributed by atoms with Crippen molar-refractivity contribution in [2.45, 2.75) is 49.1 Å². The van der Waals surface area contributed by atoms with Gasteiger partial charge in [-0.3, -0.25) is 14.3 Å². The fourth-order valence-corrected chi connectivity index (χ4v) is 5.11. The number of piperidine rings is 1. The summed E-state index contributed by atoms with van der Waals surface area (Å²) in [5.74, 6) is 0.556. The molecule has 3 aromatic rings. The van der Waals surface area contributed by atoms with Crippen molar-refractivity contribution in [1.82, 2.24) is 19.7 Å². The smallest absolute Gasteiger partial charge is 0.231 e. The maximum atomic E-state index is 12.3. The molecule has 2 atom stereocenters. The Hall–Kier alpha value is -2.64. The minimum atomic E-state index is -0.424. The monoisotopic (exact) mass is 435 g/mol.